The summed E-state index contributed by atoms with van der Waals surface area (Å²) in [6, 6.07) is 2.37. The average molecular weight is 363 g/mol. The lowest BCUT2D eigenvalue weighted by Gasteiger charge is -2.38. The minimum Gasteiger partial charge on any atom is -0.469 e. The molecule has 1 N–H and O–H groups in total. The van der Waals surface area contributed by atoms with E-state index >= 15 is 0 Å². The van der Waals surface area contributed by atoms with Crippen molar-refractivity contribution in [3.8, 4) is 0 Å². The van der Waals surface area contributed by atoms with E-state index in [2.05, 4.69) is 11.9 Å². The summed E-state index contributed by atoms with van der Waals surface area (Å²) in [7, 11) is 1.54. The van der Waals surface area contributed by atoms with Crippen LogP contribution in [0.15, 0.2) is 36.6 Å². The molecule has 3 rings (SSSR count). The van der Waals surface area contributed by atoms with Crippen molar-refractivity contribution in [1.29, 1.82) is 0 Å². The Balaban J connectivity index is 1.89. The van der Waals surface area contributed by atoms with Gasteiger partial charge in [-0.25, -0.2) is 8.78 Å². The average Bonchev–Trinajstić information content (AvgIpc) is 3.02. The molecule has 4 nitrogen and oxygen atoms in total. The van der Waals surface area contributed by atoms with Crippen LogP contribution in [0.4, 0.5) is 14.5 Å². The van der Waals surface area contributed by atoms with Gasteiger partial charge in [-0.3, -0.25) is 4.79 Å². The van der Waals surface area contributed by atoms with Gasteiger partial charge < -0.3 is 14.8 Å². The number of allylic oxidation sites excluding steroid dienone is 2. The Morgan fingerprint density at radius 1 is 1.42 bits per heavy atom. The molecular weight excluding hydrogens is 340 g/mol. The molecule has 0 saturated carbocycles. The highest BCUT2D eigenvalue weighted by molar-refractivity contribution is 5.93. The second kappa shape index (κ2) is 7.19. The van der Waals surface area contributed by atoms with E-state index in [-0.39, 0.29) is 42.1 Å². The first-order chi connectivity index (χ1) is 12.4. The molecule has 1 aromatic rings. The van der Waals surface area contributed by atoms with Crippen molar-refractivity contribution in [3.63, 3.8) is 0 Å². The van der Waals surface area contributed by atoms with E-state index in [0.29, 0.717) is 18.6 Å². The summed E-state index contributed by atoms with van der Waals surface area (Å²) in [5, 5.41) is 2.62. The van der Waals surface area contributed by atoms with Gasteiger partial charge in [-0.15, -0.1) is 6.58 Å². The largest absolute Gasteiger partial charge is 0.469 e. The number of carbonyl (C=O) groups excluding carboxylic acids is 1. The molecule has 1 heterocycles. The van der Waals surface area contributed by atoms with E-state index in [4.69, 9.17) is 9.47 Å². The monoisotopic (exact) mass is 363 g/mol. The van der Waals surface area contributed by atoms with Crippen LogP contribution in [0.3, 0.4) is 0 Å². The van der Waals surface area contributed by atoms with Crippen LogP contribution in [0.25, 0.3) is 0 Å². The number of hydrogen-bond acceptors (Lipinski definition) is 4. The zero-order chi connectivity index (χ0) is 18.9. The zero-order valence-electron chi connectivity index (χ0n) is 15.0. The Hall–Kier alpha value is -2.21. The number of benzene rings is 1. The second-order valence-electron chi connectivity index (χ2n) is 6.91. The first kappa shape index (κ1) is 18.6. The molecule has 0 unspecified atom stereocenters. The summed E-state index contributed by atoms with van der Waals surface area (Å²) < 4.78 is 39.9. The van der Waals surface area contributed by atoms with Crippen LogP contribution in [0.2, 0.25) is 0 Å². The van der Waals surface area contributed by atoms with Gasteiger partial charge in [0.25, 0.3) is 0 Å². The van der Waals surface area contributed by atoms with E-state index in [1.165, 1.54) is 12.1 Å². The van der Waals surface area contributed by atoms with Gasteiger partial charge in [0.15, 0.2) is 12.6 Å². The summed E-state index contributed by atoms with van der Waals surface area (Å²) in [6.07, 6.45) is 4.45. The van der Waals surface area contributed by atoms with E-state index in [1.54, 1.807) is 13.1 Å². The fourth-order valence-corrected chi connectivity index (χ4v) is 3.85. The van der Waals surface area contributed by atoms with Crippen LogP contribution in [0.1, 0.15) is 25.3 Å². The number of carbonyl (C=O) groups is 1. The molecule has 1 aliphatic carbocycles. The number of nitrogens with one attached hydrogen (secondary N) is 1. The molecule has 26 heavy (non-hydrogen) atoms. The molecule has 0 spiro atoms. The summed E-state index contributed by atoms with van der Waals surface area (Å²) in [5.41, 5.74) is -0.408. The predicted octanol–water partition coefficient (Wildman–Crippen LogP) is 3.98. The topological polar surface area (TPSA) is 47.6 Å². The number of halogens is 2. The molecule has 2 aliphatic rings. The molecule has 0 bridgehead atoms. The molecule has 0 radical (unpaired) electrons. The molecule has 6 heteroatoms. The van der Waals surface area contributed by atoms with Gasteiger partial charge in [-0.2, -0.15) is 0 Å². The Morgan fingerprint density at radius 3 is 2.88 bits per heavy atom. The summed E-state index contributed by atoms with van der Waals surface area (Å²) in [5.74, 6) is -0.944. The highest BCUT2D eigenvalue weighted by atomic mass is 19.1. The van der Waals surface area contributed by atoms with Crippen LogP contribution in [-0.2, 0) is 20.7 Å². The standard InChI is InChI=1S/C20H23F2NO3/c1-4-5-13-10-20(19(9-18(13)24)25-11-26-20)12(2)6-14-7-16(22)17(23-3)8-15(14)21/h4,7-9,12-13,23H,1,5-6,10-11H2,2-3H3/t12-,13-,20+/m0/s1. The number of ether oxygens (including phenoxy) is 2. The molecule has 1 fully saturated rings. The van der Waals surface area contributed by atoms with Crippen LogP contribution in [0, 0.1) is 23.5 Å². The smallest absolute Gasteiger partial charge is 0.189 e. The van der Waals surface area contributed by atoms with Crippen molar-refractivity contribution >= 4 is 11.5 Å². The predicted molar refractivity (Wildman–Crippen MR) is 94.6 cm³/mol. The van der Waals surface area contributed by atoms with Crippen LogP contribution in [-0.4, -0.2) is 25.2 Å². The highest BCUT2D eigenvalue weighted by Gasteiger charge is 2.51. The summed E-state index contributed by atoms with van der Waals surface area (Å²) in [6.45, 7) is 5.67. The van der Waals surface area contributed by atoms with Gasteiger partial charge in [0, 0.05) is 25.1 Å². The third kappa shape index (κ3) is 3.14. The van der Waals surface area contributed by atoms with Crippen LogP contribution >= 0.6 is 0 Å². The fourth-order valence-electron chi connectivity index (χ4n) is 3.85. The summed E-state index contributed by atoms with van der Waals surface area (Å²) >= 11 is 0. The third-order valence-electron chi connectivity index (χ3n) is 5.35. The maximum absolute atomic E-state index is 14.4. The van der Waals surface area contributed by atoms with Crippen LogP contribution in [0.5, 0.6) is 0 Å². The van der Waals surface area contributed by atoms with Gasteiger partial charge >= 0.3 is 0 Å². The fraction of sp³-hybridized carbons (Fsp3) is 0.450. The van der Waals surface area contributed by atoms with Gasteiger partial charge in [0.1, 0.15) is 23.0 Å². The Kier molecular flexibility index (Phi) is 5.14. The number of hydrogen-bond donors (Lipinski definition) is 1. The maximum atomic E-state index is 14.4. The van der Waals surface area contributed by atoms with Crippen molar-refractivity contribution in [1.82, 2.24) is 0 Å². The Bertz CT molecular complexity index is 762. The van der Waals surface area contributed by atoms with Crippen molar-refractivity contribution < 1.29 is 23.0 Å². The minimum absolute atomic E-state index is 0.0103. The lowest BCUT2D eigenvalue weighted by molar-refractivity contribution is -0.123. The Labute approximate surface area is 151 Å². The molecule has 140 valence electrons. The lowest BCUT2D eigenvalue weighted by Crippen LogP contribution is -2.45. The first-order valence-corrected chi connectivity index (χ1v) is 8.70. The van der Waals surface area contributed by atoms with Crippen LogP contribution < -0.4 is 5.32 Å². The summed E-state index contributed by atoms with van der Waals surface area (Å²) in [4.78, 5) is 12.2. The molecule has 3 atom stereocenters. The van der Waals surface area contributed by atoms with Crippen molar-refractivity contribution in [2.45, 2.75) is 31.8 Å². The number of fused-ring (bicyclic) bond motifs is 1. The van der Waals surface area contributed by atoms with Gasteiger partial charge in [-0.1, -0.05) is 13.0 Å². The molecule has 1 aliphatic heterocycles. The second-order valence-corrected chi connectivity index (χ2v) is 6.91. The van der Waals surface area contributed by atoms with E-state index in [0.717, 1.165) is 6.07 Å². The minimum atomic E-state index is -0.799. The van der Waals surface area contributed by atoms with Gasteiger partial charge in [-0.05, 0) is 36.8 Å². The number of ketones is 1. The third-order valence-corrected chi connectivity index (χ3v) is 5.35. The highest BCUT2D eigenvalue weighted by Crippen LogP contribution is 2.46. The van der Waals surface area contributed by atoms with Crippen molar-refractivity contribution in [3.05, 3.63) is 53.8 Å². The Morgan fingerprint density at radius 2 is 2.19 bits per heavy atom. The molecule has 1 aromatic carbocycles. The van der Waals surface area contributed by atoms with E-state index in [1.807, 2.05) is 6.92 Å². The first-order valence-electron chi connectivity index (χ1n) is 8.70. The molecule has 0 amide bonds. The van der Waals surface area contributed by atoms with E-state index < -0.39 is 17.2 Å². The van der Waals surface area contributed by atoms with Crippen molar-refractivity contribution in [2.75, 3.05) is 19.2 Å². The normalized spacial score (nSPS) is 25.9. The van der Waals surface area contributed by atoms with Crippen molar-refractivity contribution in [2.24, 2.45) is 11.8 Å². The number of rotatable bonds is 6. The van der Waals surface area contributed by atoms with E-state index in [9.17, 15) is 13.6 Å². The van der Waals surface area contributed by atoms with Gasteiger partial charge in [0.2, 0.25) is 0 Å². The lowest BCUT2D eigenvalue weighted by atomic mass is 9.71. The maximum Gasteiger partial charge on any atom is 0.189 e. The SMILES string of the molecule is C=CC[C@H]1C[C@]2([C@@H](C)Cc3cc(F)c(NC)cc3F)OCOC2=CC1=O. The quantitative estimate of drug-likeness (QED) is 0.777. The molecule has 0 aromatic heterocycles. The van der Waals surface area contributed by atoms with Gasteiger partial charge in [0.05, 0.1) is 5.69 Å². The molecule has 1 saturated heterocycles. The molecular formula is C20H23F2NO3. The number of anilines is 1. The zero-order valence-corrected chi connectivity index (χ0v) is 15.0.